The number of esters is 5. The van der Waals surface area contributed by atoms with Crippen LogP contribution in [0.5, 0.6) is 0 Å². The fourth-order valence-corrected chi connectivity index (χ4v) is 2.95. The van der Waals surface area contributed by atoms with E-state index >= 15 is 0 Å². The van der Waals surface area contributed by atoms with Gasteiger partial charge in [-0.1, -0.05) is 26.3 Å². The molecule has 0 aromatic heterocycles. The van der Waals surface area contributed by atoms with E-state index in [0.717, 1.165) is 0 Å². The maximum absolute atomic E-state index is 13.2. The van der Waals surface area contributed by atoms with Gasteiger partial charge < -0.3 is 58.3 Å². The Kier molecular flexibility index (Phi) is 22.2. The lowest BCUT2D eigenvalue weighted by atomic mass is 10.2. The van der Waals surface area contributed by atoms with Crippen LogP contribution in [0.15, 0.2) is 48.6 Å². The van der Waals surface area contributed by atoms with Crippen molar-refractivity contribution >= 4 is 29.8 Å². The Morgan fingerprint density at radius 3 is 1.12 bits per heavy atom. The summed E-state index contributed by atoms with van der Waals surface area (Å²) in [5.41, 5.74) is 0.313. The van der Waals surface area contributed by atoms with E-state index in [9.17, 15) is 44.4 Å². The first kappa shape index (κ1) is 45.0. The molecule has 17 nitrogen and oxygen atoms in total. The van der Waals surface area contributed by atoms with Crippen LogP contribution in [0.3, 0.4) is 0 Å². The molecule has 278 valence electrons. The molecule has 0 saturated carbocycles. The summed E-state index contributed by atoms with van der Waals surface area (Å²) in [7, 11) is 0. The SMILES string of the molecule is C=C(C)C(=O)OCC(O)COC[C@@H](OCC(O)COC(=O)C(=C)C)[C@H](OCC(O)COC(=O)C(=C)C)C(=O)OCC(O)COC(=O)C(=C)C. The Bertz CT molecular complexity index is 1160. The molecule has 0 heterocycles. The molecule has 0 aliphatic carbocycles. The van der Waals surface area contributed by atoms with Crippen LogP contribution in [0.1, 0.15) is 27.7 Å². The van der Waals surface area contributed by atoms with Crippen molar-refractivity contribution in [2.45, 2.75) is 64.3 Å². The molecule has 17 heteroatoms. The lowest BCUT2D eigenvalue weighted by molar-refractivity contribution is -0.185. The van der Waals surface area contributed by atoms with Gasteiger partial charge in [-0.05, 0) is 27.7 Å². The van der Waals surface area contributed by atoms with Crippen LogP contribution >= 0.6 is 0 Å². The Morgan fingerprint density at radius 1 is 0.449 bits per heavy atom. The van der Waals surface area contributed by atoms with Gasteiger partial charge in [-0.3, -0.25) is 0 Å². The molecule has 0 rings (SSSR count). The van der Waals surface area contributed by atoms with Crippen LogP contribution in [0, 0.1) is 0 Å². The second-order valence-electron chi connectivity index (χ2n) is 10.9. The molecular weight excluding hydrogens is 656 g/mol. The Morgan fingerprint density at radius 2 is 0.755 bits per heavy atom. The molecule has 49 heavy (non-hydrogen) atoms. The number of aliphatic hydroxyl groups excluding tert-OH is 4. The highest BCUT2D eigenvalue weighted by atomic mass is 16.6. The number of carbonyl (C=O) groups excluding carboxylic acids is 5. The Labute approximate surface area is 284 Å². The maximum Gasteiger partial charge on any atom is 0.338 e. The van der Waals surface area contributed by atoms with Crippen LogP contribution in [0.25, 0.3) is 0 Å². The Balaban J connectivity index is 5.88. The van der Waals surface area contributed by atoms with Crippen molar-refractivity contribution in [1.82, 2.24) is 0 Å². The van der Waals surface area contributed by atoms with Gasteiger partial charge in [0.2, 0.25) is 0 Å². The predicted molar refractivity (Wildman–Crippen MR) is 168 cm³/mol. The van der Waals surface area contributed by atoms with Crippen molar-refractivity contribution in [3.05, 3.63) is 48.6 Å². The van der Waals surface area contributed by atoms with Crippen molar-refractivity contribution in [2.75, 3.05) is 59.5 Å². The van der Waals surface area contributed by atoms with Gasteiger partial charge in [-0.15, -0.1) is 0 Å². The van der Waals surface area contributed by atoms with Gasteiger partial charge >= 0.3 is 29.8 Å². The molecule has 6 atom stereocenters. The van der Waals surface area contributed by atoms with Crippen LogP contribution in [0.4, 0.5) is 0 Å². The van der Waals surface area contributed by atoms with E-state index in [1.54, 1.807) is 0 Å². The van der Waals surface area contributed by atoms with E-state index in [2.05, 4.69) is 26.3 Å². The minimum absolute atomic E-state index is 0.0664. The van der Waals surface area contributed by atoms with Gasteiger partial charge in [0.1, 0.15) is 63.6 Å². The van der Waals surface area contributed by atoms with E-state index in [-0.39, 0.29) is 22.3 Å². The normalized spacial score (nSPS) is 14.5. The van der Waals surface area contributed by atoms with Crippen molar-refractivity contribution in [3.8, 4) is 0 Å². The molecule has 4 unspecified atom stereocenters. The van der Waals surface area contributed by atoms with Gasteiger partial charge in [-0.2, -0.15) is 0 Å². The lowest BCUT2D eigenvalue weighted by Gasteiger charge is -2.28. The number of ether oxygens (including phenoxy) is 8. The third-order valence-electron chi connectivity index (χ3n) is 5.57. The van der Waals surface area contributed by atoms with Gasteiger partial charge in [0.05, 0.1) is 26.4 Å². The van der Waals surface area contributed by atoms with Gasteiger partial charge in [0, 0.05) is 22.3 Å². The zero-order valence-electron chi connectivity index (χ0n) is 28.3. The van der Waals surface area contributed by atoms with Crippen molar-refractivity contribution in [3.63, 3.8) is 0 Å². The molecule has 0 amide bonds. The Hall–Kier alpha value is -3.97. The molecule has 4 N–H and O–H groups in total. The summed E-state index contributed by atoms with van der Waals surface area (Å²) in [6.07, 6.45) is -8.93. The van der Waals surface area contributed by atoms with Gasteiger partial charge in [0.25, 0.3) is 0 Å². The monoisotopic (exact) mass is 704 g/mol. The average molecular weight is 705 g/mol. The van der Waals surface area contributed by atoms with Crippen molar-refractivity contribution in [2.24, 2.45) is 0 Å². The highest BCUT2D eigenvalue weighted by molar-refractivity contribution is 5.88. The molecule has 0 spiro atoms. The summed E-state index contributed by atoms with van der Waals surface area (Å²) in [5.74, 6) is -4.28. The predicted octanol–water partition coefficient (Wildman–Crippen LogP) is -0.763. The number of hydrogen-bond donors (Lipinski definition) is 4. The smallest absolute Gasteiger partial charge is 0.338 e. The maximum atomic E-state index is 13.2. The summed E-state index contributed by atoms with van der Waals surface area (Å²) in [4.78, 5) is 59.8. The molecule has 0 aromatic carbocycles. The average Bonchev–Trinajstić information content (AvgIpc) is 3.04. The topological polar surface area (TPSA) is 240 Å². The van der Waals surface area contributed by atoms with E-state index in [1.165, 1.54) is 27.7 Å². The zero-order chi connectivity index (χ0) is 37.7. The van der Waals surface area contributed by atoms with E-state index < -0.39 is 126 Å². The van der Waals surface area contributed by atoms with Crippen LogP contribution < -0.4 is 0 Å². The molecule has 0 bridgehead atoms. The van der Waals surface area contributed by atoms with Crippen LogP contribution in [-0.2, 0) is 61.9 Å². The summed E-state index contributed by atoms with van der Waals surface area (Å²) in [6.45, 7) is 14.3. The first-order valence-corrected chi connectivity index (χ1v) is 14.9. The number of rotatable bonds is 26. The van der Waals surface area contributed by atoms with Gasteiger partial charge in [-0.25, -0.2) is 24.0 Å². The third kappa shape index (κ3) is 20.9. The van der Waals surface area contributed by atoms with Crippen LogP contribution in [-0.4, -0.2) is 146 Å². The lowest BCUT2D eigenvalue weighted by Crippen LogP contribution is -2.46. The molecule has 0 fully saturated rings. The van der Waals surface area contributed by atoms with Gasteiger partial charge in [0.15, 0.2) is 6.10 Å². The first-order chi connectivity index (χ1) is 22.8. The summed E-state index contributed by atoms with van der Waals surface area (Å²) < 4.78 is 41.3. The minimum Gasteiger partial charge on any atom is -0.461 e. The number of carbonyl (C=O) groups is 5. The largest absolute Gasteiger partial charge is 0.461 e. The van der Waals surface area contributed by atoms with E-state index in [0.29, 0.717) is 0 Å². The van der Waals surface area contributed by atoms with Crippen molar-refractivity contribution < 1.29 is 82.3 Å². The fourth-order valence-electron chi connectivity index (χ4n) is 2.95. The highest BCUT2D eigenvalue weighted by Crippen LogP contribution is 2.12. The standard InChI is InChI=1S/C32H48O17/c1-18(2)28(37)45-12-22(33)9-42-17-26(43-10-23(34)13-46-29(38)19(3)4)27(44-11-24(35)14-47-30(39)20(5)6)32(41)49-16-25(36)15-48-31(40)21(7)8/h22-27,33-36H,1,3,5,7,9-17H2,2,4,6,8H3/t22?,23?,24?,25?,26-,27+/m1/s1. The quantitative estimate of drug-likeness (QED) is 0.0491. The molecule has 0 aromatic rings. The molecular formula is C32H48O17. The second-order valence-corrected chi connectivity index (χ2v) is 10.9. The summed E-state index contributed by atoms with van der Waals surface area (Å²) in [5, 5.41) is 41.0. The van der Waals surface area contributed by atoms with E-state index in [4.69, 9.17) is 37.9 Å². The molecule has 0 saturated heterocycles. The van der Waals surface area contributed by atoms with Crippen LogP contribution in [0.2, 0.25) is 0 Å². The number of hydrogen-bond acceptors (Lipinski definition) is 17. The highest BCUT2D eigenvalue weighted by Gasteiger charge is 2.34. The minimum atomic E-state index is -1.76. The molecule has 0 radical (unpaired) electrons. The van der Waals surface area contributed by atoms with Crippen molar-refractivity contribution in [1.29, 1.82) is 0 Å². The zero-order valence-corrected chi connectivity index (χ0v) is 28.3. The molecule has 0 aliphatic heterocycles. The fraction of sp³-hybridized carbons (Fsp3) is 0.594. The third-order valence-corrected chi connectivity index (χ3v) is 5.57. The number of aliphatic hydroxyl groups is 4. The summed E-state index contributed by atoms with van der Waals surface area (Å²) >= 11 is 0. The molecule has 0 aliphatic rings. The second kappa shape index (κ2) is 24.2. The first-order valence-electron chi connectivity index (χ1n) is 14.9. The van der Waals surface area contributed by atoms with E-state index in [1.807, 2.05) is 0 Å². The summed E-state index contributed by atoms with van der Waals surface area (Å²) in [6, 6.07) is 0.